The van der Waals surface area contributed by atoms with Gasteiger partial charge < -0.3 is 4.74 Å². The molecule has 0 aromatic heterocycles. The summed E-state index contributed by atoms with van der Waals surface area (Å²) < 4.78 is 34.5. The summed E-state index contributed by atoms with van der Waals surface area (Å²) in [6.45, 7) is 4.80. The molecule has 2 fully saturated rings. The number of ketones is 1. The van der Waals surface area contributed by atoms with E-state index in [1.54, 1.807) is 6.92 Å². The lowest BCUT2D eigenvalue weighted by Gasteiger charge is -2.33. The van der Waals surface area contributed by atoms with Crippen LogP contribution in [0.25, 0.3) is 0 Å². The number of carbonyl (C=O) groups excluding carboxylic acids is 2. The molecular weight excluding hydrogens is 290 g/mol. The van der Waals surface area contributed by atoms with Crippen LogP contribution in [0, 0.1) is 5.41 Å². The summed E-state index contributed by atoms with van der Waals surface area (Å²) in [6, 6.07) is 0. The molecule has 0 N–H and O–H groups in total. The minimum absolute atomic E-state index is 0.0723. The van der Waals surface area contributed by atoms with Gasteiger partial charge in [-0.25, -0.2) is 8.78 Å². The van der Waals surface area contributed by atoms with E-state index in [1.165, 1.54) is 6.92 Å². The monoisotopic (exact) mass is 314 g/mol. The maximum Gasteiger partial charge on any atom is 0.307 e. The molecule has 1 aliphatic carbocycles. The summed E-state index contributed by atoms with van der Waals surface area (Å²) in [4.78, 5) is 23.7. The highest BCUT2D eigenvalue weighted by molar-refractivity contribution is 5.97. The number of hydrogen-bond donors (Lipinski definition) is 0. The Kier molecular flexibility index (Phi) is 4.46. The third-order valence-corrected chi connectivity index (χ3v) is 5.28. The lowest BCUT2D eigenvalue weighted by molar-refractivity contribution is -0.148. The summed E-state index contributed by atoms with van der Waals surface area (Å²) in [5.74, 6) is -2.02. The van der Waals surface area contributed by atoms with Crippen LogP contribution in [0.2, 0.25) is 0 Å². The fourth-order valence-corrected chi connectivity index (χ4v) is 3.68. The van der Waals surface area contributed by atoms with E-state index in [-0.39, 0.29) is 12.8 Å². The highest BCUT2D eigenvalue weighted by Crippen LogP contribution is 2.59. The Balaban J connectivity index is 2.25. The predicted octanol–water partition coefficient (Wildman–Crippen LogP) is 4.20. The van der Waals surface area contributed by atoms with Crippen LogP contribution in [0.4, 0.5) is 8.78 Å². The van der Waals surface area contributed by atoms with E-state index in [0.29, 0.717) is 19.3 Å². The number of esters is 1. The van der Waals surface area contributed by atoms with E-state index < -0.39 is 34.3 Å². The first-order valence-corrected chi connectivity index (χ1v) is 8.00. The average molecular weight is 314 g/mol. The van der Waals surface area contributed by atoms with Gasteiger partial charge in [0.05, 0.1) is 11.8 Å². The molecule has 0 amide bonds. The van der Waals surface area contributed by atoms with Crippen LogP contribution in [0.1, 0.15) is 65.7 Å². The number of halogens is 2. The van der Waals surface area contributed by atoms with E-state index in [0.717, 1.165) is 18.9 Å². The Morgan fingerprint density at radius 2 is 2.14 bits per heavy atom. The van der Waals surface area contributed by atoms with Crippen molar-refractivity contribution in [1.82, 2.24) is 0 Å². The van der Waals surface area contributed by atoms with Gasteiger partial charge in [-0.15, -0.1) is 0 Å². The second-order valence-electron chi connectivity index (χ2n) is 6.97. The number of carbonyl (C=O) groups is 2. The van der Waals surface area contributed by atoms with Crippen LogP contribution >= 0.6 is 0 Å². The molecule has 1 aliphatic heterocycles. The number of ether oxygens (including phenoxy) is 1. The third-order valence-electron chi connectivity index (χ3n) is 5.28. The van der Waals surface area contributed by atoms with Crippen molar-refractivity contribution in [2.24, 2.45) is 5.41 Å². The third kappa shape index (κ3) is 2.70. The minimum Gasteiger partial charge on any atom is -0.458 e. The van der Waals surface area contributed by atoms with Gasteiger partial charge in [-0.1, -0.05) is 19.8 Å². The summed E-state index contributed by atoms with van der Waals surface area (Å²) >= 11 is 0. The molecule has 0 aromatic carbocycles. The normalized spacial score (nSPS) is 34.2. The highest BCUT2D eigenvalue weighted by atomic mass is 19.1. The molecule has 0 aromatic rings. The molecule has 0 bridgehead atoms. The Labute approximate surface area is 130 Å². The van der Waals surface area contributed by atoms with Crippen molar-refractivity contribution in [2.45, 2.75) is 77.0 Å². The van der Waals surface area contributed by atoms with Crippen LogP contribution < -0.4 is 0 Å². The molecule has 5 heteroatoms. The van der Waals surface area contributed by atoms with Crippen molar-refractivity contribution in [3.8, 4) is 0 Å². The fourth-order valence-electron chi connectivity index (χ4n) is 3.68. The summed E-state index contributed by atoms with van der Waals surface area (Å²) in [5.41, 5.74) is -4.08. The van der Waals surface area contributed by atoms with Crippen molar-refractivity contribution < 1.29 is 23.1 Å². The van der Waals surface area contributed by atoms with E-state index in [1.807, 2.05) is 6.92 Å². The van der Waals surface area contributed by atoms with Crippen LogP contribution in [0.15, 0.2) is 11.9 Å². The molecule has 124 valence electrons. The van der Waals surface area contributed by atoms with Crippen LogP contribution in [-0.4, -0.2) is 23.0 Å². The molecule has 2 rings (SSSR count). The zero-order valence-corrected chi connectivity index (χ0v) is 13.5. The van der Waals surface area contributed by atoms with Crippen LogP contribution in [0.3, 0.4) is 0 Å². The van der Waals surface area contributed by atoms with Gasteiger partial charge in [0.2, 0.25) is 0 Å². The van der Waals surface area contributed by atoms with Gasteiger partial charge in [-0.3, -0.25) is 9.59 Å². The minimum atomic E-state index is -2.07. The highest BCUT2D eigenvalue weighted by Gasteiger charge is 2.63. The van der Waals surface area contributed by atoms with Gasteiger partial charge in [-0.05, 0) is 39.5 Å². The predicted molar refractivity (Wildman–Crippen MR) is 78.6 cm³/mol. The molecule has 1 saturated heterocycles. The second kappa shape index (κ2) is 5.74. The summed E-state index contributed by atoms with van der Waals surface area (Å²) in [7, 11) is 0. The molecule has 3 atom stereocenters. The Bertz CT molecular complexity index is 512. The maximum absolute atomic E-state index is 14.8. The van der Waals surface area contributed by atoms with Gasteiger partial charge >= 0.3 is 5.97 Å². The maximum atomic E-state index is 14.8. The smallest absolute Gasteiger partial charge is 0.307 e. The van der Waals surface area contributed by atoms with Crippen molar-refractivity contribution in [3.05, 3.63) is 11.9 Å². The number of allylic oxidation sites excluding steroid dienone is 1. The first-order valence-electron chi connectivity index (χ1n) is 8.00. The van der Waals surface area contributed by atoms with E-state index in [9.17, 15) is 18.4 Å². The number of alkyl halides is 1. The zero-order valence-electron chi connectivity index (χ0n) is 13.5. The molecular formula is C17H24F2O3. The molecule has 1 heterocycles. The van der Waals surface area contributed by atoms with Crippen molar-refractivity contribution >= 4 is 11.8 Å². The standard InChI is InChI=1S/C17H24F2O3/c1-4-5-7-15(2,19)13(20)10-12(18)17-9-6-8-16(17,3)22-14(21)11-17/h10H,4-9,11H2,1-3H3/t15-,16?,17?/m1/s1. The molecule has 0 radical (unpaired) electrons. The largest absolute Gasteiger partial charge is 0.458 e. The zero-order chi connectivity index (χ0) is 16.6. The molecule has 1 saturated carbocycles. The Hall–Kier alpha value is -1.26. The van der Waals surface area contributed by atoms with Crippen LogP contribution in [0.5, 0.6) is 0 Å². The molecule has 2 aliphatic rings. The number of hydrogen-bond acceptors (Lipinski definition) is 3. The van der Waals surface area contributed by atoms with Crippen molar-refractivity contribution in [2.75, 3.05) is 0 Å². The van der Waals surface area contributed by atoms with E-state index in [4.69, 9.17) is 4.74 Å². The number of fused-ring (bicyclic) bond motifs is 1. The second-order valence-corrected chi connectivity index (χ2v) is 6.97. The van der Waals surface area contributed by atoms with Crippen molar-refractivity contribution in [1.29, 1.82) is 0 Å². The average Bonchev–Trinajstić information content (AvgIpc) is 2.85. The van der Waals surface area contributed by atoms with Gasteiger partial charge in [0.25, 0.3) is 0 Å². The van der Waals surface area contributed by atoms with Gasteiger partial charge in [0, 0.05) is 6.08 Å². The first kappa shape index (κ1) is 17.1. The van der Waals surface area contributed by atoms with Crippen LogP contribution in [-0.2, 0) is 14.3 Å². The SMILES string of the molecule is CCCC[C@@](C)(F)C(=O)C=C(F)C12CCCC1(C)OC(=O)C2. The fraction of sp³-hybridized carbons (Fsp3) is 0.765. The van der Waals surface area contributed by atoms with Crippen molar-refractivity contribution in [3.63, 3.8) is 0 Å². The van der Waals surface area contributed by atoms with Gasteiger partial charge in [-0.2, -0.15) is 0 Å². The van der Waals surface area contributed by atoms with Gasteiger partial charge in [0.15, 0.2) is 11.5 Å². The summed E-state index contributed by atoms with van der Waals surface area (Å²) in [5, 5.41) is 0. The Morgan fingerprint density at radius 3 is 2.77 bits per heavy atom. The van der Waals surface area contributed by atoms with Gasteiger partial charge in [0.1, 0.15) is 11.4 Å². The molecule has 3 nitrogen and oxygen atoms in total. The number of rotatable bonds is 6. The van der Waals surface area contributed by atoms with E-state index in [2.05, 4.69) is 0 Å². The summed E-state index contributed by atoms with van der Waals surface area (Å²) in [6.07, 6.45) is 3.84. The molecule has 22 heavy (non-hydrogen) atoms. The topological polar surface area (TPSA) is 43.4 Å². The molecule has 0 spiro atoms. The number of unbranched alkanes of at least 4 members (excludes halogenated alkanes) is 1. The first-order chi connectivity index (χ1) is 10.2. The molecule has 2 unspecified atom stereocenters. The lowest BCUT2D eigenvalue weighted by Crippen LogP contribution is -2.39. The lowest BCUT2D eigenvalue weighted by atomic mass is 9.73. The Morgan fingerprint density at radius 1 is 1.45 bits per heavy atom. The quantitative estimate of drug-likeness (QED) is 0.545. The van der Waals surface area contributed by atoms with E-state index >= 15 is 0 Å².